The summed E-state index contributed by atoms with van der Waals surface area (Å²) in [7, 11) is -3.85. The van der Waals surface area contributed by atoms with E-state index in [0.717, 1.165) is 40.7 Å². The van der Waals surface area contributed by atoms with Gasteiger partial charge in [0.2, 0.25) is 5.88 Å². The maximum Gasteiger partial charge on any atom is 0.331 e. The first-order valence-corrected chi connectivity index (χ1v) is 18.0. The summed E-state index contributed by atoms with van der Waals surface area (Å²) in [6.45, 7) is 2.32. The lowest BCUT2D eigenvalue weighted by Crippen LogP contribution is -2.38. The second-order valence-corrected chi connectivity index (χ2v) is 14.6. The first-order chi connectivity index (χ1) is 23.4. The van der Waals surface area contributed by atoms with Crippen molar-refractivity contribution in [3.8, 4) is 5.88 Å². The third-order valence-electron chi connectivity index (χ3n) is 9.77. The number of amides is 2. The Hall–Kier alpha value is -4.96. The number of nitrogens with one attached hydrogen (secondary N) is 2. The van der Waals surface area contributed by atoms with E-state index >= 15 is 8.60 Å². The fraction of sp³-hybridized carbons (Fsp3) is 0.263. The van der Waals surface area contributed by atoms with Gasteiger partial charge in [0, 0.05) is 5.69 Å². The first-order valence-electron chi connectivity index (χ1n) is 16.5. The molecule has 0 saturated carbocycles. The van der Waals surface area contributed by atoms with E-state index in [4.69, 9.17) is 9.10 Å². The predicted molar refractivity (Wildman–Crippen MR) is 183 cm³/mol. The normalized spacial score (nSPS) is 17.5. The number of fused-ring (bicyclic) bond motifs is 3. The van der Waals surface area contributed by atoms with Gasteiger partial charge in [0.15, 0.2) is 9.92 Å². The first kappa shape index (κ1) is 30.4. The van der Waals surface area contributed by atoms with Crippen molar-refractivity contribution in [2.75, 3.05) is 11.9 Å². The van der Waals surface area contributed by atoms with E-state index in [-0.39, 0.29) is 16.8 Å². The van der Waals surface area contributed by atoms with Crippen LogP contribution in [0.3, 0.4) is 0 Å². The Morgan fingerprint density at radius 1 is 0.854 bits per heavy atom. The Kier molecular flexibility index (Phi) is 7.55. The number of benzene rings is 4. The lowest BCUT2D eigenvalue weighted by molar-refractivity contribution is 0.256. The van der Waals surface area contributed by atoms with Crippen LogP contribution in [-0.4, -0.2) is 26.6 Å². The summed E-state index contributed by atoms with van der Waals surface area (Å²) in [5, 5.41) is 7.57. The van der Waals surface area contributed by atoms with Crippen LogP contribution in [0.2, 0.25) is 0 Å². The molecule has 244 valence electrons. The summed E-state index contributed by atoms with van der Waals surface area (Å²) in [5.41, 5.74) is 4.67. The maximum atomic E-state index is 15.8. The molecule has 0 fully saturated rings. The van der Waals surface area contributed by atoms with E-state index < -0.39 is 21.5 Å². The fourth-order valence-corrected chi connectivity index (χ4v) is 9.40. The van der Waals surface area contributed by atoms with Gasteiger partial charge in [0.05, 0.1) is 12.2 Å². The zero-order valence-corrected chi connectivity index (χ0v) is 27.4. The number of rotatable bonds is 7. The van der Waals surface area contributed by atoms with Crippen LogP contribution in [0, 0.1) is 5.82 Å². The van der Waals surface area contributed by atoms with Gasteiger partial charge in [-0.15, -0.1) is 0 Å². The Morgan fingerprint density at radius 3 is 1.88 bits per heavy atom. The number of urea groups is 1. The monoisotopic (exact) mass is 661 g/mol. The standard InChI is InChI=1S/C38H36FN5O3S/c1-25-24-47-36-33(23-40-44(25)36)48(46,42-37(45)41-35-31-21-11-19-29(31)34(39)30-20-12-22-32(30)35)43-38(26-13-5-2-6-14-26,27-15-7-3-8-16-27)28-17-9-4-10-18-28/h2-10,13-18,23,25H,11-12,19-22,24H2,1H3,(H2,41,42,43,45,46). The topological polar surface area (TPSA) is 97.6 Å². The Morgan fingerprint density at radius 2 is 1.35 bits per heavy atom. The van der Waals surface area contributed by atoms with Crippen LogP contribution in [0.15, 0.2) is 106 Å². The molecule has 2 N–H and O–H groups in total. The molecular formula is C38H36FN5O3S. The smallest absolute Gasteiger partial charge is 0.331 e. The molecule has 2 amide bonds. The van der Waals surface area contributed by atoms with Crippen molar-refractivity contribution in [2.45, 2.75) is 61.9 Å². The molecule has 2 atom stereocenters. The van der Waals surface area contributed by atoms with Crippen molar-refractivity contribution in [2.24, 2.45) is 4.36 Å². The summed E-state index contributed by atoms with van der Waals surface area (Å²) in [4.78, 5) is 14.4. The molecule has 48 heavy (non-hydrogen) atoms. The van der Waals surface area contributed by atoms with Crippen LogP contribution in [-0.2, 0) is 41.1 Å². The van der Waals surface area contributed by atoms with Crippen LogP contribution >= 0.6 is 0 Å². The van der Waals surface area contributed by atoms with Crippen molar-refractivity contribution in [1.29, 1.82) is 0 Å². The number of anilines is 1. The minimum atomic E-state index is -3.85. The molecule has 0 saturated heterocycles. The highest BCUT2D eigenvalue weighted by Crippen LogP contribution is 2.44. The molecule has 2 aliphatic carbocycles. The van der Waals surface area contributed by atoms with Gasteiger partial charge in [0.25, 0.3) is 0 Å². The number of hydrogen-bond donors (Lipinski definition) is 2. The van der Waals surface area contributed by atoms with E-state index in [0.29, 0.717) is 55.0 Å². The van der Waals surface area contributed by atoms with Gasteiger partial charge >= 0.3 is 6.03 Å². The van der Waals surface area contributed by atoms with Crippen molar-refractivity contribution in [3.05, 3.63) is 142 Å². The molecule has 10 heteroatoms. The summed E-state index contributed by atoms with van der Waals surface area (Å²) >= 11 is 0. The predicted octanol–water partition coefficient (Wildman–Crippen LogP) is 7.51. The number of halogens is 1. The molecule has 2 heterocycles. The molecule has 0 spiro atoms. The molecule has 0 bridgehead atoms. The average molecular weight is 662 g/mol. The highest BCUT2D eigenvalue weighted by atomic mass is 32.2. The molecule has 4 aromatic carbocycles. The zero-order chi connectivity index (χ0) is 32.9. The van der Waals surface area contributed by atoms with Crippen molar-refractivity contribution in [3.63, 3.8) is 0 Å². The number of hydrogen-bond acceptors (Lipinski definition) is 5. The molecule has 8 rings (SSSR count). The van der Waals surface area contributed by atoms with Gasteiger partial charge in [-0.05, 0) is 84.4 Å². The minimum absolute atomic E-state index is 0.0854. The Bertz CT molecular complexity index is 2010. The lowest BCUT2D eigenvalue weighted by atomic mass is 9.78. The van der Waals surface area contributed by atoms with E-state index in [2.05, 4.69) is 15.1 Å². The zero-order valence-electron chi connectivity index (χ0n) is 26.6. The van der Waals surface area contributed by atoms with Gasteiger partial charge in [-0.1, -0.05) is 91.0 Å². The van der Waals surface area contributed by atoms with Crippen LogP contribution in [0.4, 0.5) is 14.9 Å². The SMILES string of the molecule is CC1COc2c(S(=O)(=NC(c3ccccc3)(c3ccccc3)c3ccccc3)NC(=O)Nc3c4c(c(F)c5c3CCC5)CCC4)cnn21. The average Bonchev–Trinajstić information content (AvgIpc) is 3.93. The number of ether oxygens (including phenoxy) is 1. The quantitative estimate of drug-likeness (QED) is 0.177. The highest BCUT2D eigenvalue weighted by molar-refractivity contribution is 7.92. The number of carbonyl (C=O) groups excluding carboxylic acids is 1. The van der Waals surface area contributed by atoms with Crippen LogP contribution in [0.5, 0.6) is 5.88 Å². The van der Waals surface area contributed by atoms with Crippen molar-refractivity contribution < 1.29 is 18.1 Å². The van der Waals surface area contributed by atoms with Gasteiger partial charge in [-0.3, -0.25) is 0 Å². The van der Waals surface area contributed by atoms with E-state index in [1.54, 1.807) is 4.68 Å². The van der Waals surface area contributed by atoms with Crippen LogP contribution in [0.25, 0.3) is 0 Å². The molecule has 3 aliphatic rings. The molecule has 1 aliphatic heterocycles. The summed E-state index contributed by atoms with van der Waals surface area (Å²) < 4.78 is 47.2. The second-order valence-electron chi connectivity index (χ2n) is 12.7. The molecule has 5 aromatic rings. The molecular weight excluding hydrogens is 626 g/mol. The lowest BCUT2D eigenvalue weighted by Gasteiger charge is -2.33. The maximum absolute atomic E-state index is 15.8. The number of aromatic nitrogens is 2. The van der Waals surface area contributed by atoms with E-state index in [1.165, 1.54) is 6.20 Å². The van der Waals surface area contributed by atoms with E-state index in [9.17, 15) is 4.79 Å². The number of carbonyl (C=O) groups is 1. The minimum Gasteiger partial charge on any atom is -0.475 e. The largest absolute Gasteiger partial charge is 0.475 e. The molecule has 1 aromatic heterocycles. The Labute approximate surface area is 279 Å². The third-order valence-corrected chi connectivity index (χ3v) is 11.6. The van der Waals surface area contributed by atoms with E-state index in [1.807, 2.05) is 97.9 Å². The van der Waals surface area contributed by atoms with Crippen molar-refractivity contribution in [1.82, 2.24) is 14.5 Å². The van der Waals surface area contributed by atoms with Crippen LogP contribution in [0.1, 0.15) is 64.8 Å². The van der Waals surface area contributed by atoms with Gasteiger partial charge in [-0.2, -0.15) is 9.46 Å². The van der Waals surface area contributed by atoms with Gasteiger partial charge in [0.1, 0.15) is 22.9 Å². The Balaban J connectivity index is 1.35. The summed E-state index contributed by atoms with van der Waals surface area (Å²) in [6, 6.07) is 28.3. The number of nitrogens with zero attached hydrogens (tertiary/aromatic N) is 3. The molecule has 8 nitrogen and oxygen atoms in total. The van der Waals surface area contributed by atoms with Crippen molar-refractivity contribution >= 4 is 21.6 Å². The fourth-order valence-electron chi connectivity index (χ4n) is 7.57. The summed E-state index contributed by atoms with van der Waals surface area (Å²) in [6.07, 6.45) is 5.77. The van der Waals surface area contributed by atoms with Crippen LogP contribution < -0.4 is 14.8 Å². The van der Waals surface area contributed by atoms with Gasteiger partial charge in [-0.25, -0.2) is 22.8 Å². The second kappa shape index (κ2) is 11.9. The molecule has 2 unspecified atom stereocenters. The highest BCUT2D eigenvalue weighted by Gasteiger charge is 2.41. The third kappa shape index (κ3) is 4.89. The van der Waals surface area contributed by atoms with Gasteiger partial charge < -0.3 is 10.1 Å². The molecule has 0 radical (unpaired) electrons. The summed E-state index contributed by atoms with van der Waals surface area (Å²) in [5.74, 6) is 0.183.